The largest absolute Gasteiger partial charge is 0.482 e. The molecule has 0 aliphatic rings. The van der Waals surface area contributed by atoms with E-state index in [4.69, 9.17) is 4.74 Å². The van der Waals surface area contributed by atoms with E-state index in [1.807, 2.05) is 68.8 Å². The van der Waals surface area contributed by atoms with E-state index in [9.17, 15) is 4.79 Å². The summed E-state index contributed by atoms with van der Waals surface area (Å²) in [6.07, 6.45) is -0.260. The van der Waals surface area contributed by atoms with Crippen LogP contribution in [0, 0.1) is 20.8 Å². The normalized spacial score (nSPS) is 11.9. The smallest absolute Gasteiger partial charge is 0.234 e. The van der Waals surface area contributed by atoms with Crippen LogP contribution < -0.4 is 10.1 Å². The van der Waals surface area contributed by atoms with Crippen molar-refractivity contribution >= 4 is 23.4 Å². The highest BCUT2D eigenvalue weighted by atomic mass is 32.2. The van der Waals surface area contributed by atoms with Crippen LogP contribution in [-0.2, 0) is 11.8 Å². The number of benzene rings is 2. The summed E-state index contributed by atoms with van der Waals surface area (Å²) < 4.78 is 7.96. The minimum Gasteiger partial charge on any atom is -0.482 e. The zero-order chi connectivity index (χ0) is 21.0. The van der Waals surface area contributed by atoms with Crippen molar-refractivity contribution in [3.05, 3.63) is 65.0 Å². The molecule has 1 unspecified atom stereocenters. The maximum Gasteiger partial charge on any atom is 0.234 e. The van der Waals surface area contributed by atoms with Crippen LogP contribution in [0.3, 0.4) is 0 Å². The Labute approximate surface area is 175 Å². The van der Waals surface area contributed by atoms with Crippen LogP contribution in [0.5, 0.6) is 5.75 Å². The third kappa shape index (κ3) is 5.38. The van der Waals surface area contributed by atoms with Crippen molar-refractivity contribution < 1.29 is 9.53 Å². The minimum absolute atomic E-state index is 0.0790. The lowest BCUT2D eigenvalue weighted by Crippen LogP contribution is -2.15. The summed E-state index contributed by atoms with van der Waals surface area (Å²) in [5.74, 6) is 1.72. The Balaban J connectivity index is 1.60. The maximum absolute atomic E-state index is 12.2. The van der Waals surface area contributed by atoms with E-state index in [1.165, 1.54) is 17.3 Å². The van der Waals surface area contributed by atoms with Gasteiger partial charge in [-0.1, -0.05) is 41.6 Å². The molecule has 0 saturated carbocycles. The van der Waals surface area contributed by atoms with Crippen molar-refractivity contribution in [3.63, 3.8) is 0 Å². The topological polar surface area (TPSA) is 69.0 Å². The van der Waals surface area contributed by atoms with E-state index in [0.717, 1.165) is 22.6 Å². The SMILES string of the molecule is Cc1cccc(NC(=O)CSc2nnc(C(C)Oc3ccc(C)cc3C)n2C)c1. The highest BCUT2D eigenvalue weighted by molar-refractivity contribution is 7.99. The first-order valence-electron chi connectivity index (χ1n) is 9.46. The van der Waals surface area contributed by atoms with Gasteiger partial charge >= 0.3 is 0 Å². The van der Waals surface area contributed by atoms with Gasteiger partial charge in [-0.25, -0.2) is 0 Å². The first-order chi connectivity index (χ1) is 13.8. The molecular weight excluding hydrogens is 384 g/mol. The second-order valence-electron chi connectivity index (χ2n) is 7.14. The number of nitrogens with one attached hydrogen (secondary N) is 1. The molecule has 0 fully saturated rings. The summed E-state index contributed by atoms with van der Waals surface area (Å²) in [5.41, 5.74) is 4.18. The fourth-order valence-corrected chi connectivity index (χ4v) is 3.75. The number of amides is 1. The number of hydrogen-bond acceptors (Lipinski definition) is 5. The molecule has 3 rings (SSSR count). The fourth-order valence-electron chi connectivity index (χ4n) is 3.03. The molecule has 29 heavy (non-hydrogen) atoms. The second-order valence-corrected chi connectivity index (χ2v) is 8.08. The molecule has 1 atom stereocenters. The van der Waals surface area contributed by atoms with Crippen molar-refractivity contribution in [1.29, 1.82) is 0 Å². The summed E-state index contributed by atoms with van der Waals surface area (Å²) in [6.45, 7) is 8.02. The summed E-state index contributed by atoms with van der Waals surface area (Å²) in [7, 11) is 1.89. The average molecular weight is 411 g/mol. The predicted octanol–water partition coefficient (Wildman–Crippen LogP) is 4.61. The van der Waals surface area contributed by atoms with Gasteiger partial charge in [0.2, 0.25) is 5.91 Å². The third-order valence-electron chi connectivity index (χ3n) is 4.50. The molecule has 0 saturated heterocycles. The standard InChI is InChI=1S/C22H26N4O2S/c1-14-7-6-8-18(12-14)23-20(27)13-29-22-25-24-21(26(22)5)17(4)28-19-10-9-15(2)11-16(19)3/h6-12,17H,13H2,1-5H3,(H,23,27). The zero-order valence-electron chi connectivity index (χ0n) is 17.4. The molecule has 1 heterocycles. The number of rotatable bonds is 7. The average Bonchev–Trinajstić information content (AvgIpc) is 3.03. The van der Waals surface area contributed by atoms with E-state index in [-0.39, 0.29) is 17.8 Å². The Morgan fingerprint density at radius 2 is 1.90 bits per heavy atom. The van der Waals surface area contributed by atoms with Gasteiger partial charge in [-0.2, -0.15) is 0 Å². The molecule has 1 N–H and O–H groups in total. The molecule has 6 nitrogen and oxygen atoms in total. The van der Waals surface area contributed by atoms with Crippen LogP contribution in [0.2, 0.25) is 0 Å². The van der Waals surface area contributed by atoms with E-state index >= 15 is 0 Å². The fraction of sp³-hybridized carbons (Fsp3) is 0.318. The van der Waals surface area contributed by atoms with Crippen LogP contribution in [0.1, 0.15) is 35.5 Å². The van der Waals surface area contributed by atoms with Crippen LogP contribution in [0.15, 0.2) is 47.6 Å². The quantitative estimate of drug-likeness (QED) is 0.576. The Hall–Kier alpha value is -2.80. The lowest BCUT2D eigenvalue weighted by molar-refractivity contribution is -0.113. The zero-order valence-corrected chi connectivity index (χ0v) is 18.2. The van der Waals surface area contributed by atoms with Gasteiger partial charge in [0.15, 0.2) is 17.1 Å². The lowest BCUT2D eigenvalue weighted by atomic mass is 10.1. The Bertz CT molecular complexity index is 1020. The summed E-state index contributed by atoms with van der Waals surface area (Å²) in [6, 6.07) is 13.8. The number of thioether (sulfide) groups is 1. The summed E-state index contributed by atoms with van der Waals surface area (Å²) >= 11 is 1.35. The molecule has 0 aliphatic carbocycles. The molecule has 0 radical (unpaired) electrons. The van der Waals surface area contributed by atoms with Crippen LogP contribution in [0.4, 0.5) is 5.69 Å². The van der Waals surface area contributed by atoms with Crippen molar-refractivity contribution in [3.8, 4) is 5.75 Å². The predicted molar refractivity (Wildman–Crippen MR) is 116 cm³/mol. The molecule has 3 aromatic rings. The van der Waals surface area contributed by atoms with E-state index in [2.05, 4.69) is 28.5 Å². The second kappa shape index (κ2) is 9.13. The third-order valence-corrected chi connectivity index (χ3v) is 5.52. The molecule has 0 spiro atoms. The number of carbonyl (C=O) groups is 1. The van der Waals surface area contributed by atoms with Gasteiger partial charge in [-0.05, 0) is 57.0 Å². The number of anilines is 1. The number of aromatic nitrogens is 3. The van der Waals surface area contributed by atoms with E-state index in [0.29, 0.717) is 11.0 Å². The molecule has 1 aromatic heterocycles. The Morgan fingerprint density at radius 1 is 1.14 bits per heavy atom. The molecule has 152 valence electrons. The van der Waals surface area contributed by atoms with Crippen molar-refractivity contribution in [2.45, 2.75) is 39.0 Å². The number of hydrogen-bond donors (Lipinski definition) is 1. The first kappa shape index (κ1) is 20.9. The van der Waals surface area contributed by atoms with Crippen molar-refractivity contribution in [1.82, 2.24) is 14.8 Å². The first-order valence-corrected chi connectivity index (χ1v) is 10.4. The molecule has 1 amide bonds. The van der Waals surface area contributed by atoms with Crippen molar-refractivity contribution in [2.75, 3.05) is 11.1 Å². The minimum atomic E-state index is -0.260. The Kier molecular flexibility index (Phi) is 6.59. The summed E-state index contributed by atoms with van der Waals surface area (Å²) in [4.78, 5) is 12.2. The lowest BCUT2D eigenvalue weighted by Gasteiger charge is -2.16. The highest BCUT2D eigenvalue weighted by Gasteiger charge is 2.18. The Morgan fingerprint density at radius 3 is 2.62 bits per heavy atom. The summed E-state index contributed by atoms with van der Waals surface area (Å²) in [5, 5.41) is 12.1. The van der Waals surface area contributed by atoms with Gasteiger partial charge in [0.05, 0.1) is 5.75 Å². The molecule has 7 heteroatoms. The number of ether oxygens (including phenoxy) is 1. The van der Waals surface area contributed by atoms with E-state index < -0.39 is 0 Å². The number of carbonyl (C=O) groups excluding carboxylic acids is 1. The van der Waals surface area contributed by atoms with Crippen LogP contribution in [0.25, 0.3) is 0 Å². The molecule has 0 aliphatic heterocycles. The van der Waals surface area contributed by atoms with Gasteiger partial charge in [0, 0.05) is 12.7 Å². The van der Waals surface area contributed by atoms with Gasteiger partial charge in [0.25, 0.3) is 0 Å². The molecule has 2 aromatic carbocycles. The molecule has 0 bridgehead atoms. The van der Waals surface area contributed by atoms with Gasteiger partial charge in [-0.15, -0.1) is 10.2 Å². The maximum atomic E-state index is 12.2. The number of aryl methyl sites for hydroxylation is 3. The van der Waals surface area contributed by atoms with Crippen molar-refractivity contribution in [2.24, 2.45) is 7.05 Å². The number of nitrogens with zero attached hydrogens (tertiary/aromatic N) is 3. The van der Waals surface area contributed by atoms with Gasteiger partial charge in [-0.3, -0.25) is 4.79 Å². The molecular formula is C22H26N4O2S. The van der Waals surface area contributed by atoms with Gasteiger partial charge < -0.3 is 14.6 Å². The van der Waals surface area contributed by atoms with Crippen LogP contribution in [-0.4, -0.2) is 26.4 Å². The van der Waals surface area contributed by atoms with Crippen LogP contribution >= 0.6 is 11.8 Å². The highest BCUT2D eigenvalue weighted by Crippen LogP contribution is 2.26. The monoisotopic (exact) mass is 410 g/mol. The van der Waals surface area contributed by atoms with Gasteiger partial charge in [0.1, 0.15) is 5.75 Å². The van der Waals surface area contributed by atoms with E-state index in [1.54, 1.807) is 0 Å².